The van der Waals surface area contributed by atoms with Gasteiger partial charge in [-0.3, -0.25) is 9.59 Å². The van der Waals surface area contributed by atoms with E-state index < -0.39 is 124 Å². The number of carbonyl (C=O) groups is 6. The Morgan fingerprint density at radius 2 is 1.58 bits per heavy atom. The number of aliphatic hydroxyl groups is 3. The lowest BCUT2D eigenvalue weighted by atomic mass is 9.44. The summed E-state index contributed by atoms with van der Waals surface area (Å²) in [6.07, 6.45) is -12.8. The van der Waals surface area contributed by atoms with E-state index in [9.17, 15) is 39.3 Å². The molecule has 332 valence electrons. The van der Waals surface area contributed by atoms with Crippen LogP contribution in [0.3, 0.4) is 0 Å². The Morgan fingerprint density at radius 1 is 0.967 bits per heavy atom. The Kier molecular flexibility index (Phi) is 12.4. The van der Waals surface area contributed by atoms with Crippen LogP contribution in [0, 0.1) is 22.2 Å². The van der Waals surface area contributed by atoms with Crippen molar-refractivity contribution >= 4 is 35.9 Å². The summed E-state index contributed by atoms with van der Waals surface area (Å²) in [5.41, 5.74) is -9.78. The smallest absolute Gasteiger partial charge is 0.456 e. The van der Waals surface area contributed by atoms with E-state index in [1.807, 2.05) is 0 Å². The molecule has 17 nitrogen and oxygen atoms in total. The number of rotatable bonds is 8. The molecule has 5 rings (SSSR count). The van der Waals surface area contributed by atoms with Crippen LogP contribution in [0.15, 0.2) is 41.5 Å². The molecular weight excluding hydrogens is 786 g/mol. The fourth-order valence-corrected chi connectivity index (χ4v) is 9.50. The van der Waals surface area contributed by atoms with Gasteiger partial charge in [0.1, 0.15) is 29.5 Å². The monoisotopic (exact) mass is 845 g/mol. The lowest BCUT2D eigenvalue weighted by Gasteiger charge is -2.67. The Morgan fingerprint density at radius 3 is 2.10 bits per heavy atom. The number of ketones is 1. The number of amides is 1. The second-order valence-corrected chi connectivity index (χ2v) is 19.1. The number of ether oxygens (including phenoxy) is 7. The SMILES string of the molecule is COC(=O)O[C@@]12CO[C@@H]1C[C@H](O)[C@@]1(C)C(=O)[C@H](OC(C)=O)C3=C(C)[C@H](OC(=O)[C@@H](O)[C@@H](NC(=O)OC(C)(C)C)C(C)(C)C)C[C@@](O)(C(OC(=O)c4ccccc4)C12)C3(C)C. The van der Waals surface area contributed by atoms with Gasteiger partial charge in [0, 0.05) is 25.2 Å². The van der Waals surface area contributed by atoms with Gasteiger partial charge in [-0.2, -0.15) is 0 Å². The number of Topliss-reactive ketones (excluding diaryl/α,β-unsaturated/α-hetero) is 1. The maximum Gasteiger partial charge on any atom is 0.508 e. The van der Waals surface area contributed by atoms with E-state index in [-0.39, 0.29) is 29.7 Å². The third-order valence-corrected chi connectivity index (χ3v) is 12.7. The van der Waals surface area contributed by atoms with Gasteiger partial charge < -0.3 is 53.8 Å². The van der Waals surface area contributed by atoms with Crippen LogP contribution < -0.4 is 5.32 Å². The van der Waals surface area contributed by atoms with Crippen LogP contribution in [-0.2, 0) is 47.5 Å². The summed E-state index contributed by atoms with van der Waals surface area (Å²) in [6, 6.07) is 6.50. The van der Waals surface area contributed by atoms with Crippen LogP contribution in [-0.4, -0.2) is 124 Å². The molecule has 4 aliphatic rings. The molecule has 1 aliphatic heterocycles. The molecule has 3 aliphatic carbocycles. The Bertz CT molecular complexity index is 1910. The van der Waals surface area contributed by atoms with Crippen molar-refractivity contribution in [2.45, 2.75) is 148 Å². The molecule has 1 aromatic rings. The molecule has 11 atom stereocenters. The quantitative estimate of drug-likeness (QED) is 0.166. The highest BCUT2D eigenvalue weighted by Gasteiger charge is 2.78. The van der Waals surface area contributed by atoms with E-state index in [1.165, 1.54) is 39.8 Å². The second-order valence-electron chi connectivity index (χ2n) is 19.1. The van der Waals surface area contributed by atoms with Gasteiger partial charge in [-0.05, 0) is 63.3 Å². The molecule has 4 N–H and O–H groups in total. The summed E-state index contributed by atoms with van der Waals surface area (Å²) in [7, 11) is 1.07. The maximum atomic E-state index is 15.4. The molecule has 1 saturated heterocycles. The van der Waals surface area contributed by atoms with Gasteiger partial charge in [-0.15, -0.1) is 0 Å². The van der Waals surface area contributed by atoms with Gasteiger partial charge in [0.2, 0.25) is 0 Å². The summed E-state index contributed by atoms with van der Waals surface area (Å²) >= 11 is 0. The molecule has 2 unspecified atom stereocenters. The van der Waals surface area contributed by atoms with Crippen molar-refractivity contribution in [2.24, 2.45) is 22.2 Å². The summed E-state index contributed by atoms with van der Waals surface area (Å²) in [5, 5.41) is 39.8. The maximum absolute atomic E-state index is 15.4. The Labute approximate surface area is 349 Å². The number of nitrogens with one attached hydrogen (secondary N) is 1. The lowest BCUT2D eigenvalue weighted by Crippen LogP contribution is -2.82. The van der Waals surface area contributed by atoms with E-state index >= 15 is 4.79 Å². The van der Waals surface area contributed by atoms with Crippen molar-refractivity contribution in [2.75, 3.05) is 13.7 Å². The molecule has 2 saturated carbocycles. The first-order valence-corrected chi connectivity index (χ1v) is 19.9. The number of benzene rings is 1. The van der Waals surface area contributed by atoms with Crippen LogP contribution in [0.4, 0.5) is 9.59 Å². The second kappa shape index (κ2) is 16.0. The molecule has 3 fully saturated rings. The minimum Gasteiger partial charge on any atom is -0.456 e. The van der Waals surface area contributed by atoms with Crippen LogP contribution >= 0.6 is 0 Å². The molecule has 60 heavy (non-hydrogen) atoms. The topological polar surface area (TPSA) is 240 Å². The van der Waals surface area contributed by atoms with Crippen molar-refractivity contribution in [1.82, 2.24) is 5.32 Å². The Balaban J connectivity index is 1.74. The van der Waals surface area contributed by atoms with E-state index in [0.717, 1.165) is 14.0 Å². The number of alkyl carbamates (subject to hydrolysis) is 1. The number of hydrogen-bond acceptors (Lipinski definition) is 16. The summed E-state index contributed by atoms with van der Waals surface area (Å²) in [5.74, 6) is -5.62. The van der Waals surface area contributed by atoms with Crippen molar-refractivity contribution in [3.63, 3.8) is 0 Å². The predicted octanol–water partition coefficient (Wildman–Crippen LogP) is 3.72. The van der Waals surface area contributed by atoms with Gasteiger partial charge in [-0.1, -0.05) is 52.8 Å². The van der Waals surface area contributed by atoms with Crippen molar-refractivity contribution in [1.29, 1.82) is 0 Å². The zero-order valence-corrected chi connectivity index (χ0v) is 36.3. The van der Waals surface area contributed by atoms with Crippen LogP contribution in [0.2, 0.25) is 0 Å². The fraction of sp³-hybridized carbons (Fsp3) is 0.674. The first-order chi connectivity index (χ1) is 27.6. The lowest BCUT2D eigenvalue weighted by molar-refractivity contribution is -0.344. The number of esters is 3. The van der Waals surface area contributed by atoms with E-state index in [1.54, 1.807) is 59.7 Å². The van der Waals surface area contributed by atoms with Crippen LogP contribution in [0.5, 0.6) is 0 Å². The first-order valence-electron chi connectivity index (χ1n) is 19.9. The highest BCUT2D eigenvalue weighted by Crippen LogP contribution is 2.64. The highest BCUT2D eigenvalue weighted by atomic mass is 16.8. The number of aliphatic hydroxyl groups excluding tert-OH is 2. The van der Waals surface area contributed by atoms with E-state index in [2.05, 4.69) is 5.32 Å². The minimum absolute atomic E-state index is 0.0226. The number of fused-ring (bicyclic) bond motifs is 5. The summed E-state index contributed by atoms with van der Waals surface area (Å²) in [6.45, 7) is 16.6. The molecule has 2 bridgehead atoms. The molecular formula is C43H59NO16. The predicted molar refractivity (Wildman–Crippen MR) is 209 cm³/mol. The third kappa shape index (κ3) is 8.00. The molecule has 1 amide bonds. The minimum atomic E-state index is -2.42. The van der Waals surface area contributed by atoms with Gasteiger partial charge in [0.15, 0.2) is 23.6 Å². The largest absolute Gasteiger partial charge is 0.508 e. The summed E-state index contributed by atoms with van der Waals surface area (Å²) < 4.78 is 40.3. The molecule has 0 radical (unpaired) electrons. The summed E-state index contributed by atoms with van der Waals surface area (Å²) in [4.78, 5) is 82.7. The van der Waals surface area contributed by atoms with Crippen LogP contribution in [0.1, 0.15) is 99.4 Å². The third-order valence-electron chi connectivity index (χ3n) is 12.7. The van der Waals surface area contributed by atoms with Crippen molar-refractivity contribution < 1.29 is 77.2 Å². The van der Waals surface area contributed by atoms with Gasteiger partial charge in [0.25, 0.3) is 0 Å². The molecule has 0 aromatic heterocycles. The van der Waals surface area contributed by atoms with E-state index in [0.29, 0.717) is 0 Å². The normalized spacial score (nSPS) is 33.1. The fourth-order valence-electron chi connectivity index (χ4n) is 9.50. The zero-order chi connectivity index (χ0) is 45.1. The van der Waals surface area contributed by atoms with E-state index in [4.69, 9.17) is 33.2 Å². The Hall–Kier alpha value is -4.58. The highest BCUT2D eigenvalue weighted by molar-refractivity contribution is 5.95. The molecule has 0 spiro atoms. The van der Waals surface area contributed by atoms with Gasteiger partial charge in [0.05, 0.1) is 42.8 Å². The number of hydrogen-bond donors (Lipinski definition) is 4. The average Bonchev–Trinajstić information content (AvgIpc) is 3.13. The zero-order valence-electron chi connectivity index (χ0n) is 36.3. The van der Waals surface area contributed by atoms with Gasteiger partial charge >= 0.3 is 30.2 Å². The molecule has 1 aromatic carbocycles. The number of carbonyl (C=O) groups excluding carboxylic acids is 6. The van der Waals surface area contributed by atoms with Gasteiger partial charge in [-0.25, -0.2) is 19.2 Å². The van der Waals surface area contributed by atoms with Crippen LogP contribution in [0.25, 0.3) is 0 Å². The molecule has 17 heteroatoms. The van der Waals surface area contributed by atoms with Crippen molar-refractivity contribution in [3.05, 3.63) is 47.0 Å². The standard InChI is InChI=1S/C43H59NO16/c1-21-24(57-35(50)28(47)31(38(3,4)5)44-36(51)59-39(6,7)8)19-43(53)33(58-34(49)23-16-14-13-15-17-23)30-41(11,32(48)29(56-22(2)45)27(21)40(43,9)10)25(46)18-26-42(30,20-55-26)60-37(52)54-12/h13-17,24-26,28-31,33,46-47,53H,18-20H2,1-12H3,(H,44,51)/t24-,25+,26-,28+,29-,30?,31-,33?,41-,42+,43-/m1/s1. The number of methoxy groups -OCH3 is 1. The molecule has 1 heterocycles. The van der Waals surface area contributed by atoms with Crippen molar-refractivity contribution in [3.8, 4) is 0 Å². The first kappa shape index (κ1) is 46.5. The average molecular weight is 846 g/mol.